The Labute approximate surface area is 78.7 Å². The Morgan fingerprint density at radius 2 is 2.18 bits per heavy atom. The zero-order valence-electron chi connectivity index (χ0n) is 6.14. The largest absolute Gasteiger partial charge is 0.330 e. The van der Waals surface area contributed by atoms with E-state index in [4.69, 9.17) is 11.5 Å². The first-order valence-corrected chi connectivity index (χ1v) is 5.06. The summed E-state index contributed by atoms with van der Waals surface area (Å²) in [6, 6.07) is 2.11. The van der Waals surface area contributed by atoms with Crippen LogP contribution in [0.2, 0.25) is 0 Å². The van der Waals surface area contributed by atoms with Crippen LogP contribution in [-0.4, -0.2) is 6.54 Å². The minimum atomic E-state index is 0.599. The molecule has 0 aliphatic carbocycles. The third kappa shape index (κ3) is 2.27. The van der Waals surface area contributed by atoms with Gasteiger partial charge >= 0.3 is 0 Å². The van der Waals surface area contributed by atoms with Crippen LogP contribution in [0.4, 0.5) is 0 Å². The molecule has 1 heterocycles. The number of halogens is 1. The third-order valence-corrected chi connectivity index (χ3v) is 3.44. The van der Waals surface area contributed by atoms with Gasteiger partial charge in [0.25, 0.3) is 0 Å². The highest BCUT2D eigenvalue weighted by Gasteiger charge is 2.03. The van der Waals surface area contributed by atoms with E-state index in [1.807, 2.05) is 0 Å². The van der Waals surface area contributed by atoms with Crippen molar-refractivity contribution in [3.63, 3.8) is 0 Å². The van der Waals surface area contributed by atoms with E-state index >= 15 is 0 Å². The Balaban J connectivity index is 2.77. The van der Waals surface area contributed by atoms with E-state index in [2.05, 4.69) is 22.0 Å². The van der Waals surface area contributed by atoms with E-state index in [-0.39, 0.29) is 0 Å². The fourth-order valence-corrected chi connectivity index (χ4v) is 2.69. The van der Waals surface area contributed by atoms with Gasteiger partial charge in [-0.3, -0.25) is 0 Å². The van der Waals surface area contributed by atoms with Crippen molar-refractivity contribution >= 4 is 27.3 Å². The quantitative estimate of drug-likeness (QED) is 0.833. The monoisotopic (exact) mass is 234 g/mol. The summed E-state index contributed by atoms with van der Waals surface area (Å²) in [5.41, 5.74) is 12.1. The fraction of sp³-hybridized carbons (Fsp3) is 0.429. The van der Waals surface area contributed by atoms with Crippen molar-refractivity contribution in [2.45, 2.75) is 13.0 Å². The molecular weight excluding hydrogens is 224 g/mol. The third-order valence-electron chi connectivity index (χ3n) is 1.42. The van der Waals surface area contributed by atoms with Gasteiger partial charge in [-0.15, -0.1) is 11.3 Å². The zero-order chi connectivity index (χ0) is 8.27. The number of hydrogen-bond acceptors (Lipinski definition) is 3. The lowest BCUT2D eigenvalue weighted by molar-refractivity contribution is 0.983. The maximum absolute atomic E-state index is 5.51. The van der Waals surface area contributed by atoms with Gasteiger partial charge in [-0.2, -0.15) is 0 Å². The Morgan fingerprint density at radius 3 is 2.64 bits per heavy atom. The number of rotatable bonds is 3. The SMILES string of the molecule is NCCc1cc(CN)c(Br)s1. The summed E-state index contributed by atoms with van der Waals surface area (Å²) in [6.07, 6.45) is 0.948. The molecule has 4 heteroatoms. The predicted molar refractivity (Wildman–Crippen MR) is 52.7 cm³/mol. The standard InChI is InChI=1S/C7H11BrN2S/c8-7-5(4-10)3-6(11-7)1-2-9/h3H,1-2,4,9-10H2. The Bertz CT molecular complexity index is 234. The van der Waals surface area contributed by atoms with Gasteiger partial charge in [0.15, 0.2) is 0 Å². The van der Waals surface area contributed by atoms with E-state index in [0.29, 0.717) is 13.1 Å². The van der Waals surface area contributed by atoms with E-state index in [0.717, 1.165) is 10.2 Å². The van der Waals surface area contributed by atoms with Crippen molar-refractivity contribution in [2.24, 2.45) is 11.5 Å². The van der Waals surface area contributed by atoms with E-state index in [9.17, 15) is 0 Å². The van der Waals surface area contributed by atoms with Crippen LogP contribution in [0.5, 0.6) is 0 Å². The van der Waals surface area contributed by atoms with Gasteiger partial charge < -0.3 is 11.5 Å². The molecule has 0 aliphatic rings. The lowest BCUT2D eigenvalue weighted by Crippen LogP contribution is -2.01. The molecule has 11 heavy (non-hydrogen) atoms. The van der Waals surface area contributed by atoms with Crippen LogP contribution in [0.15, 0.2) is 9.85 Å². The molecule has 62 valence electrons. The van der Waals surface area contributed by atoms with E-state index in [1.54, 1.807) is 11.3 Å². The summed E-state index contributed by atoms with van der Waals surface area (Å²) >= 11 is 5.17. The molecule has 0 aromatic carbocycles. The Hall–Kier alpha value is 0.1000. The molecule has 1 rings (SSSR count). The number of nitrogens with two attached hydrogens (primary N) is 2. The second-order valence-corrected chi connectivity index (χ2v) is 4.71. The molecule has 0 amide bonds. The van der Waals surface area contributed by atoms with Gasteiger partial charge in [-0.1, -0.05) is 0 Å². The van der Waals surface area contributed by atoms with Gasteiger partial charge in [-0.05, 0) is 40.5 Å². The summed E-state index contributed by atoms with van der Waals surface area (Å²) < 4.78 is 1.14. The van der Waals surface area contributed by atoms with Crippen LogP contribution in [0.3, 0.4) is 0 Å². The zero-order valence-corrected chi connectivity index (χ0v) is 8.54. The smallest absolute Gasteiger partial charge is 0.0746 e. The van der Waals surface area contributed by atoms with Crippen molar-refractivity contribution in [2.75, 3.05) is 6.54 Å². The maximum Gasteiger partial charge on any atom is 0.0746 e. The first-order valence-electron chi connectivity index (χ1n) is 3.45. The topological polar surface area (TPSA) is 52.0 Å². The van der Waals surface area contributed by atoms with Gasteiger partial charge in [0.1, 0.15) is 0 Å². The Morgan fingerprint density at radius 1 is 1.45 bits per heavy atom. The van der Waals surface area contributed by atoms with Crippen molar-refractivity contribution in [3.8, 4) is 0 Å². The highest BCUT2D eigenvalue weighted by Crippen LogP contribution is 2.27. The molecule has 0 radical (unpaired) electrons. The average molecular weight is 235 g/mol. The first kappa shape index (κ1) is 9.19. The van der Waals surface area contributed by atoms with Crippen molar-refractivity contribution in [3.05, 3.63) is 20.3 Å². The highest BCUT2D eigenvalue weighted by atomic mass is 79.9. The summed E-state index contributed by atoms with van der Waals surface area (Å²) in [7, 11) is 0. The average Bonchev–Trinajstić information content (AvgIpc) is 2.32. The molecule has 0 spiro atoms. The predicted octanol–water partition coefficient (Wildman–Crippen LogP) is 1.47. The Kier molecular flexibility index (Phi) is 3.51. The van der Waals surface area contributed by atoms with Crippen LogP contribution in [0.25, 0.3) is 0 Å². The molecule has 0 fully saturated rings. The fourth-order valence-electron chi connectivity index (χ4n) is 0.866. The van der Waals surface area contributed by atoms with Crippen LogP contribution >= 0.6 is 27.3 Å². The second-order valence-electron chi connectivity index (χ2n) is 2.25. The molecule has 1 aromatic rings. The van der Waals surface area contributed by atoms with Crippen molar-refractivity contribution in [1.29, 1.82) is 0 Å². The number of hydrogen-bond donors (Lipinski definition) is 2. The molecular formula is C7H11BrN2S. The second kappa shape index (κ2) is 4.21. The van der Waals surface area contributed by atoms with Crippen molar-refractivity contribution in [1.82, 2.24) is 0 Å². The van der Waals surface area contributed by atoms with E-state index < -0.39 is 0 Å². The summed E-state index contributed by atoms with van der Waals surface area (Å²) in [6.45, 7) is 1.30. The lowest BCUT2D eigenvalue weighted by atomic mass is 10.3. The molecule has 2 nitrogen and oxygen atoms in total. The molecule has 0 aliphatic heterocycles. The van der Waals surface area contributed by atoms with Crippen molar-refractivity contribution < 1.29 is 0 Å². The van der Waals surface area contributed by atoms with Gasteiger partial charge in [0.2, 0.25) is 0 Å². The van der Waals surface area contributed by atoms with E-state index in [1.165, 1.54) is 10.4 Å². The normalized spacial score (nSPS) is 10.5. The molecule has 4 N–H and O–H groups in total. The summed E-state index contributed by atoms with van der Waals surface area (Å²) in [5, 5.41) is 0. The molecule has 0 bridgehead atoms. The molecule has 0 atom stereocenters. The maximum atomic E-state index is 5.51. The molecule has 1 aromatic heterocycles. The van der Waals surface area contributed by atoms with Crippen LogP contribution < -0.4 is 11.5 Å². The van der Waals surface area contributed by atoms with Gasteiger partial charge in [0.05, 0.1) is 3.79 Å². The van der Waals surface area contributed by atoms with Crippen LogP contribution in [0.1, 0.15) is 10.4 Å². The van der Waals surface area contributed by atoms with Crippen LogP contribution in [0, 0.1) is 0 Å². The molecule has 0 saturated carbocycles. The molecule has 0 saturated heterocycles. The highest BCUT2D eigenvalue weighted by molar-refractivity contribution is 9.11. The molecule has 0 unspecified atom stereocenters. The summed E-state index contributed by atoms with van der Waals surface area (Å²) in [5.74, 6) is 0. The number of thiophene rings is 1. The van der Waals surface area contributed by atoms with Crippen LogP contribution in [-0.2, 0) is 13.0 Å². The minimum absolute atomic E-state index is 0.599. The lowest BCUT2D eigenvalue weighted by Gasteiger charge is -1.88. The first-order chi connectivity index (χ1) is 5.27. The van der Waals surface area contributed by atoms with Gasteiger partial charge in [0, 0.05) is 11.4 Å². The van der Waals surface area contributed by atoms with Gasteiger partial charge in [-0.25, -0.2) is 0 Å². The summed E-state index contributed by atoms with van der Waals surface area (Å²) in [4.78, 5) is 1.31. The minimum Gasteiger partial charge on any atom is -0.330 e.